The van der Waals surface area contributed by atoms with Crippen molar-refractivity contribution in [3.63, 3.8) is 0 Å². The summed E-state index contributed by atoms with van der Waals surface area (Å²) in [4.78, 5) is 2.63. The van der Waals surface area contributed by atoms with Crippen LogP contribution in [-0.2, 0) is 4.74 Å². The van der Waals surface area contributed by atoms with E-state index in [1.807, 2.05) is 0 Å². The van der Waals surface area contributed by atoms with Gasteiger partial charge < -0.3 is 10.5 Å². The summed E-state index contributed by atoms with van der Waals surface area (Å²) in [7, 11) is 0. The molecule has 1 saturated carbocycles. The van der Waals surface area contributed by atoms with Crippen molar-refractivity contribution >= 4 is 0 Å². The van der Waals surface area contributed by atoms with Crippen LogP contribution in [-0.4, -0.2) is 41.3 Å². The Hall–Kier alpha value is -0.120. The van der Waals surface area contributed by atoms with Crippen molar-refractivity contribution in [1.82, 2.24) is 4.90 Å². The molecule has 2 rings (SSSR count). The van der Waals surface area contributed by atoms with Crippen LogP contribution in [0.15, 0.2) is 0 Å². The first kappa shape index (κ1) is 14.3. The quantitative estimate of drug-likeness (QED) is 0.822. The summed E-state index contributed by atoms with van der Waals surface area (Å²) in [5.74, 6) is 0.701. The Bertz CT molecular complexity index is 298. The lowest BCUT2D eigenvalue weighted by Gasteiger charge is -2.55. The van der Waals surface area contributed by atoms with Gasteiger partial charge in [-0.25, -0.2) is 0 Å². The SMILES string of the molecule is CC1CCCC1(CN)N1CC(C)(C)OC(C)(C)C1. The molecule has 0 aromatic rings. The third-order valence-electron chi connectivity index (χ3n) is 4.84. The number of ether oxygens (including phenoxy) is 1. The molecule has 1 aliphatic carbocycles. The largest absolute Gasteiger partial charge is 0.367 e. The second-order valence-electron chi connectivity index (χ2n) is 7.58. The smallest absolute Gasteiger partial charge is 0.0761 e. The van der Waals surface area contributed by atoms with Gasteiger partial charge in [0.2, 0.25) is 0 Å². The molecule has 0 amide bonds. The first-order chi connectivity index (χ1) is 8.21. The molecule has 1 saturated heterocycles. The van der Waals surface area contributed by atoms with E-state index in [0.717, 1.165) is 19.6 Å². The van der Waals surface area contributed by atoms with E-state index in [2.05, 4.69) is 39.5 Å². The van der Waals surface area contributed by atoms with Crippen molar-refractivity contribution in [2.75, 3.05) is 19.6 Å². The highest BCUT2D eigenvalue weighted by molar-refractivity contribution is 5.05. The zero-order chi connectivity index (χ0) is 13.6. The first-order valence-electron chi connectivity index (χ1n) is 7.36. The fourth-order valence-corrected chi connectivity index (χ4v) is 4.23. The molecule has 0 radical (unpaired) electrons. The van der Waals surface area contributed by atoms with Crippen molar-refractivity contribution in [2.24, 2.45) is 11.7 Å². The Labute approximate surface area is 112 Å². The standard InChI is InChI=1S/C15H30N2O/c1-12-7-6-8-15(12,9-16)17-10-13(2,3)18-14(4,5)11-17/h12H,6-11,16H2,1-5H3. The summed E-state index contributed by atoms with van der Waals surface area (Å²) in [5.41, 5.74) is 6.24. The van der Waals surface area contributed by atoms with Crippen molar-refractivity contribution in [2.45, 2.75) is 70.6 Å². The predicted octanol–water partition coefficient (Wildman–Crippen LogP) is 2.39. The molecule has 2 fully saturated rings. The summed E-state index contributed by atoms with van der Waals surface area (Å²) < 4.78 is 6.19. The van der Waals surface area contributed by atoms with Crippen LogP contribution < -0.4 is 5.73 Å². The van der Waals surface area contributed by atoms with Crippen LogP contribution in [0.1, 0.15) is 53.9 Å². The Kier molecular flexibility index (Phi) is 3.54. The van der Waals surface area contributed by atoms with Gasteiger partial charge in [0.25, 0.3) is 0 Å². The van der Waals surface area contributed by atoms with Gasteiger partial charge in [-0.15, -0.1) is 0 Å². The molecule has 0 spiro atoms. The molecular weight excluding hydrogens is 224 g/mol. The monoisotopic (exact) mass is 254 g/mol. The minimum atomic E-state index is -0.0772. The summed E-state index contributed by atoms with van der Waals surface area (Å²) in [5, 5.41) is 0. The van der Waals surface area contributed by atoms with E-state index in [1.165, 1.54) is 19.3 Å². The second-order valence-corrected chi connectivity index (χ2v) is 7.58. The highest BCUT2D eigenvalue weighted by atomic mass is 16.5. The minimum Gasteiger partial charge on any atom is -0.367 e. The van der Waals surface area contributed by atoms with Gasteiger partial charge in [-0.3, -0.25) is 4.90 Å². The number of rotatable bonds is 2. The maximum atomic E-state index is 6.19. The summed E-state index contributed by atoms with van der Waals surface area (Å²) in [6.07, 6.45) is 3.88. The van der Waals surface area contributed by atoms with Crippen molar-refractivity contribution < 1.29 is 4.74 Å². The molecule has 3 nitrogen and oxygen atoms in total. The summed E-state index contributed by atoms with van der Waals surface area (Å²) in [6.45, 7) is 13.9. The zero-order valence-electron chi connectivity index (χ0n) is 12.8. The van der Waals surface area contributed by atoms with Crippen LogP contribution in [0.5, 0.6) is 0 Å². The molecule has 3 heteroatoms. The Morgan fingerprint density at radius 1 is 1.17 bits per heavy atom. The maximum absolute atomic E-state index is 6.19. The zero-order valence-corrected chi connectivity index (χ0v) is 12.8. The minimum absolute atomic E-state index is 0.0772. The molecule has 1 aliphatic heterocycles. The first-order valence-corrected chi connectivity index (χ1v) is 7.36. The highest BCUT2D eigenvalue weighted by Crippen LogP contribution is 2.43. The molecule has 2 N–H and O–H groups in total. The van der Waals surface area contributed by atoms with Gasteiger partial charge in [0.15, 0.2) is 0 Å². The van der Waals surface area contributed by atoms with Gasteiger partial charge in [0.05, 0.1) is 11.2 Å². The van der Waals surface area contributed by atoms with Crippen LogP contribution in [0, 0.1) is 5.92 Å². The molecule has 2 atom stereocenters. The third kappa shape index (κ3) is 2.45. The highest BCUT2D eigenvalue weighted by Gasteiger charge is 2.50. The van der Waals surface area contributed by atoms with Crippen LogP contribution in [0.3, 0.4) is 0 Å². The van der Waals surface area contributed by atoms with Crippen molar-refractivity contribution in [1.29, 1.82) is 0 Å². The maximum Gasteiger partial charge on any atom is 0.0761 e. The molecule has 2 unspecified atom stereocenters. The Balaban J connectivity index is 2.26. The van der Waals surface area contributed by atoms with Crippen molar-refractivity contribution in [3.8, 4) is 0 Å². The Morgan fingerprint density at radius 2 is 1.72 bits per heavy atom. The van der Waals surface area contributed by atoms with Gasteiger partial charge in [0, 0.05) is 25.2 Å². The number of hydrogen-bond acceptors (Lipinski definition) is 3. The van der Waals surface area contributed by atoms with E-state index in [4.69, 9.17) is 10.5 Å². The molecular formula is C15H30N2O. The molecule has 1 heterocycles. The van der Waals surface area contributed by atoms with Crippen LogP contribution >= 0.6 is 0 Å². The van der Waals surface area contributed by atoms with Gasteiger partial charge in [0.1, 0.15) is 0 Å². The van der Waals surface area contributed by atoms with Crippen molar-refractivity contribution in [3.05, 3.63) is 0 Å². The van der Waals surface area contributed by atoms with Gasteiger partial charge in [-0.2, -0.15) is 0 Å². The molecule has 0 aromatic heterocycles. The molecule has 0 aromatic carbocycles. The predicted molar refractivity (Wildman–Crippen MR) is 75.6 cm³/mol. The van der Waals surface area contributed by atoms with Gasteiger partial charge in [-0.05, 0) is 46.5 Å². The second kappa shape index (κ2) is 4.46. The third-order valence-corrected chi connectivity index (χ3v) is 4.84. The average Bonchev–Trinajstić information content (AvgIpc) is 2.56. The number of nitrogens with two attached hydrogens (primary N) is 1. The molecule has 0 bridgehead atoms. The van der Waals surface area contributed by atoms with Crippen LogP contribution in [0.25, 0.3) is 0 Å². The van der Waals surface area contributed by atoms with E-state index >= 15 is 0 Å². The number of hydrogen-bond donors (Lipinski definition) is 1. The number of nitrogens with zero attached hydrogens (tertiary/aromatic N) is 1. The van der Waals surface area contributed by atoms with E-state index < -0.39 is 0 Å². The van der Waals surface area contributed by atoms with E-state index in [1.54, 1.807) is 0 Å². The average molecular weight is 254 g/mol. The molecule has 2 aliphatic rings. The van der Waals surface area contributed by atoms with Gasteiger partial charge in [-0.1, -0.05) is 13.3 Å². The summed E-state index contributed by atoms with van der Waals surface area (Å²) >= 11 is 0. The van der Waals surface area contributed by atoms with E-state index in [0.29, 0.717) is 5.92 Å². The Morgan fingerprint density at radius 3 is 2.11 bits per heavy atom. The fraction of sp³-hybridized carbons (Fsp3) is 1.00. The van der Waals surface area contributed by atoms with Gasteiger partial charge >= 0.3 is 0 Å². The molecule has 106 valence electrons. The van der Waals surface area contributed by atoms with Crippen LogP contribution in [0.4, 0.5) is 0 Å². The summed E-state index contributed by atoms with van der Waals surface area (Å²) in [6, 6.07) is 0. The van der Waals surface area contributed by atoms with E-state index in [9.17, 15) is 0 Å². The lowest BCUT2D eigenvalue weighted by molar-refractivity contribution is -0.202. The lowest BCUT2D eigenvalue weighted by atomic mass is 9.83. The number of morpholine rings is 1. The topological polar surface area (TPSA) is 38.5 Å². The molecule has 18 heavy (non-hydrogen) atoms. The van der Waals surface area contributed by atoms with E-state index in [-0.39, 0.29) is 16.7 Å². The normalized spacial score (nSPS) is 40.0. The fourth-order valence-electron chi connectivity index (χ4n) is 4.23. The van der Waals surface area contributed by atoms with Crippen LogP contribution in [0.2, 0.25) is 0 Å². The lowest BCUT2D eigenvalue weighted by Crippen LogP contribution is -2.66.